The molecular formula is C24H31N5O. The highest BCUT2D eigenvalue weighted by molar-refractivity contribution is 5.60. The van der Waals surface area contributed by atoms with Gasteiger partial charge in [-0.25, -0.2) is 9.97 Å². The number of nitrogens with zero attached hydrogens (tertiary/aromatic N) is 3. The predicted octanol–water partition coefficient (Wildman–Crippen LogP) is 4.12. The van der Waals surface area contributed by atoms with Crippen molar-refractivity contribution < 1.29 is 4.74 Å². The highest BCUT2D eigenvalue weighted by atomic mass is 16.5. The van der Waals surface area contributed by atoms with Gasteiger partial charge in [0.1, 0.15) is 5.76 Å². The average Bonchev–Trinajstić information content (AvgIpc) is 3.45. The van der Waals surface area contributed by atoms with Crippen LogP contribution in [0.1, 0.15) is 49.3 Å². The average molecular weight is 406 g/mol. The Labute approximate surface area is 178 Å². The van der Waals surface area contributed by atoms with Gasteiger partial charge in [-0.3, -0.25) is 0 Å². The summed E-state index contributed by atoms with van der Waals surface area (Å²) in [4.78, 5) is 11.9. The normalized spacial score (nSPS) is 23.9. The Morgan fingerprint density at radius 3 is 2.63 bits per heavy atom. The van der Waals surface area contributed by atoms with Crippen LogP contribution in [0, 0.1) is 5.92 Å². The van der Waals surface area contributed by atoms with Crippen molar-refractivity contribution in [2.45, 2.75) is 50.5 Å². The third-order valence-corrected chi connectivity index (χ3v) is 6.84. The summed E-state index contributed by atoms with van der Waals surface area (Å²) in [6.07, 6.45) is 11.2. The summed E-state index contributed by atoms with van der Waals surface area (Å²) < 4.78 is 5.77. The molecule has 2 fully saturated rings. The van der Waals surface area contributed by atoms with E-state index in [1.54, 1.807) is 7.11 Å². The topological polar surface area (TPSA) is 76.3 Å². The summed E-state index contributed by atoms with van der Waals surface area (Å²) in [5.74, 6) is 2.60. The number of nitrogens with one attached hydrogen (secondary N) is 1. The second kappa shape index (κ2) is 8.26. The van der Waals surface area contributed by atoms with Crippen molar-refractivity contribution in [2.75, 3.05) is 30.4 Å². The molecule has 6 heteroatoms. The van der Waals surface area contributed by atoms with Crippen LogP contribution < -0.4 is 16.0 Å². The molecule has 0 radical (unpaired) electrons. The van der Waals surface area contributed by atoms with Gasteiger partial charge in [0.2, 0.25) is 5.95 Å². The number of nitrogens with two attached hydrogens (primary N) is 1. The van der Waals surface area contributed by atoms with Gasteiger partial charge >= 0.3 is 0 Å². The number of anilines is 3. The summed E-state index contributed by atoms with van der Waals surface area (Å²) in [7, 11) is 1.79. The molecule has 1 saturated heterocycles. The van der Waals surface area contributed by atoms with Crippen LogP contribution in [0.5, 0.6) is 0 Å². The van der Waals surface area contributed by atoms with Crippen molar-refractivity contribution in [3.63, 3.8) is 0 Å². The zero-order chi connectivity index (χ0) is 20.5. The fourth-order valence-electron chi connectivity index (χ4n) is 5.24. The van der Waals surface area contributed by atoms with E-state index in [1.165, 1.54) is 36.9 Å². The van der Waals surface area contributed by atoms with E-state index >= 15 is 0 Å². The number of benzene rings is 1. The molecule has 1 saturated carbocycles. The van der Waals surface area contributed by atoms with E-state index in [-0.39, 0.29) is 12.0 Å². The number of rotatable bonds is 5. The van der Waals surface area contributed by atoms with E-state index in [9.17, 15) is 0 Å². The van der Waals surface area contributed by atoms with Crippen molar-refractivity contribution in [3.8, 4) is 0 Å². The molecule has 1 aromatic heterocycles. The molecular weight excluding hydrogens is 374 g/mol. The second-order valence-electron chi connectivity index (χ2n) is 8.81. The van der Waals surface area contributed by atoms with Gasteiger partial charge in [-0.1, -0.05) is 12.8 Å². The monoisotopic (exact) mass is 405 g/mol. The van der Waals surface area contributed by atoms with Crippen molar-refractivity contribution in [1.29, 1.82) is 0 Å². The molecule has 30 heavy (non-hydrogen) atoms. The lowest BCUT2D eigenvalue weighted by Crippen LogP contribution is -2.26. The third kappa shape index (κ3) is 3.76. The lowest BCUT2D eigenvalue weighted by atomic mass is 9.81. The fraction of sp³-hybridized carbons (Fsp3) is 0.500. The molecule has 3 aliphatic rings. The van der Waals surface area contributed by atoms with Gasteiger partial charge in [-0.05, 0) is 67.5 Å². The Bertz CT molecular complexity index is 920. The number of aromatic nitrogens is 2. The van der Waals surface area contributed by atoms with Crippen LogP contribution in [0.3, 0.4) is 0 Å². The molecule has 2 aliphatic carbocycles. The largest absolute Gasteiger partial charge is 0.501 e. The van der Waals surface area contributed by atoms with Gasteiger partial charge in [-0.2, -0.15) is 0 Å². The van der Waals surface area contributed by atoms with Gasteiger partial charge in [-0.15, -0.1) is 0 Å². The van der Waals surface area contributed by atoms with E-state index in [4.69, 9.17) is 15.5 Å². The Morgan fingerprint density at radius 1 is 1.13 bits per heavy atom. The fourth-order valence-corrected chi connectivity index (χ4v) is 5.24. The van der Waals surface area contributed by atoms with Crippen LogP contribution in [-0.2, 0) is 11.2 Å². The first-order chi connectivity index (χ1) is 14.7. The number of hydrogen-bond acceptors (Lipinski definition) is 6. The summed E-state index contributed by atoms with van der Waals surface area (Å²) in [5.41, 5.74) is 10.6. The number of allylic oxidation sites excluding steroid dienone is 2. The Balaban J connectivity index is 1.36. The summed E-state index contributed by atoms with van der Waals surface area (Å²) in [5, 5.41) is 3.40. The van der Waals surface area contributed by atoms with E-state index in [0.29, 0.717) is 11.9 Å². The molecule has 158 valence electrons. The summed E-state index contributed by atoms with van der Waals surface area (Å²) in [6, 6.07) is 8.76. The lowest BCUT2D eigenvalue weighted by Gasteiger charge is -2.29. The molecule has 1 aromatic carbocycles. The molecule has 2 atom stereocenters. The van der Waals surface area contributed by atoms with Crippen LogP contribution >= 0.6 is 0 Å². The molecule has 2 aromatic rings. The molecule has 0 spiro atoms. The van der Waals surface area contributed by atoms with Crippen LogP contribution in [0.15, 0.2) is 42.3 Å². The molecule has 3 N–H and O–H groups in total. The number of ether oxygens (including phenoxy) is 1. The van der Waals surface area contributed by atoms with E-state index in [0.717, 1.165) is 43.1 Å². The second-order valence-corrected chi connectivity index (χ2v) is 8.81. The van der Waals surface area contributed by atoms with Gasteiger partial charge in [0.05, 0.1) is 18.7 Å². The molecule has 5 rings (SSSR count). The van der Waals surface area contributed by atoms with Crippen molar-refractivity contribution in [3.05, 3.63) is 53.6 Å². The third-order valence-electron chi connectivity index (χ3n) is 6.84. The van der Waals surface area contributed by atoms with Crippen LogP contribution in [-0.4, -0.2) is 36.2 Å². The number of methoxy groups -OCH3 is 1. The number of fused-ring (bicyclic) bond motifs is 1. The molecule has 1 aliphatic heterocycles. The quantitative estimate of drug-likeness (QED) is 0.779. The SMILES string of the molecule is COC1=CCc2cnc(Nc3ccc(N4CCC(N)C4)cc3)nc2C1C1CCCC1. The lowest BCUT2D eigenvalue weighted by molar-refractivity contribution is 0.232. The smallest absolute Gasteiger partial charge is 0.227 e. The predicted molar refractivity (Wildman–Crippen MR) is 120 cm³/mol. The maximum Gasteiger partial charge on any atom is 0.227 e. The summed E-state index contributed by atoms with van der Waals surface area (Å²) >= 11 is 0. The molecule has 2 heterocycles. The highest BCUT2D eigenvalue weighted by Crippen LogP contribution is 2.44. The zero-order valence-electron chi connectivity index (χ0n) is 17.7. The minimum atomic E-state index is 0.256. The van der Waals surface area contributed by atoms with Crippen LogP contribution in [0.4, 0.5) is 17.3 Å². The first-order valence-electron chi connectivity index (χ1n) is 11.2. The molecule has 0 bridgehead atoms. The Morgan fingerprint density at radius 2 is 1.93 bits per heavy atom. The maximum atomic E-state index is 6.04. The van der Waals surface area contributed by atoms with Crippen LogP contribution in [0.25, 0.3) is 0 Å². The minimum absolute atomic E-state index is 0.256. The minimum Gasteiger partial charge on any atom is -0.501 e. The van der Waals surface area contributed by atoms with Crippen molar-refractivity contribution in [1.82, 2.24) is 9.97 Å². The highest BCUT2D eigenvalue weighted by Gasteiger charge is 2.35. The standard InChI is InChI=1S/C24H31N5O/c1-30-21-11-6-17-14-26-24(28-23(17)22(21)16-4-2-3-5-16)27-19-7-9-20(10-8-19)29-13-12-18(25)15-29/h7-11,14,16,18,22H,2-6,12-13,15,25H2,1H3,(H,26,27,28). The van der Waals surface area contributed by atoms with Crippen molar-refractivity contribution >= 4 is 17.3 Å². The van der Waals surface area contributed by atoms with E-state index in [1.807, 2.05) is 6.20 Å². The zero-order valence-corrected chi connectivity index (χ0v) is 17.7. The first kappa shape index (κ1) is 19.4. The first-order valence-corrected chi connectivity index (χ1v) is 11.2. The van der Waals surface area contributed by atoms with Gasteiger partial charge in [0.15, 0.2) is 0 Å². The number of hydrogen-bond donors (Lipinski definition) is 2. The van der Waals surface area contributed by atoms with Crippen molar-refractivity contribution in [2.24, 2.45) is 11.7 Å². The van der Waals surface area contributed by atoms with E-state index in [2.05, 4.69) is 45.5 Å². The van der Waals surface area contributed by atoms with E-state index < -0.39 is 0 Å². The molecule has 0 amide bonds. The van der Waals surface area contributed by atoms with Gasteiger partial charge in [0, 0.05) is 36.7 Å². The van der Waals surface area contributed by atoms with Gasteiger partial charge < -0.3 is 20.7 Å². The molecule has 6 nitrogen and oxygen atoms in total. The molecule has 2 unspecified atom stereocenters. The Kier molecular flexibility index (Phi) is 5.34. The summed E-state index contributed by atoms with van der Waals surface area (Å²) in [6.45, 7) is 1.96. The van der Waals surface area contributed by atoms with Crippen LogP contribution in [0.2, 0.25) is 0 Å². The maximum absolute atomic E-state index is 6.04. The van der Waals surface area contributed by atoms with Gasteiger partial charge in [0.25, 0.3) is 0 Å². The Hall–Kier alpha value is -2.60.